The van der Waals surface area contributed by atoms with E-state index in [-0.39, 0.29) is 24.2 Å². The molecule has 0 amide bonds. The summed E-state index contributed by atoms with van der Waals surface area (Å²) in [5.74, 6) is -0.288. The summed E-state index contributed by atoms with van der Waals surface area (Å²) < 4.78 is 38.0. The molecule has 1 N–H and O–H groups in total. The maximum atomic E-state index is 12.7. The third-order valence-corrected chi connectivity index (χ3v) is 2.59. The first kappa shape index (κ1) is 12.4. The predicted octanol–water partition coefficient (Wildman–Crippen LogP) is 1.72. The third kappa shape index (κ3) is 2.44. The molecule has 0 radical (unpaired) electrons. The lowest BCUT2D eigenvalue weighted by atomic mass is 9.96. The lowest BCUT2D eigenvalue weighted by molar-refractivity contribution is -0.137. The summed E-state index contributed by atoms with van der Waals surface area (Å²) in [5.41, 5.74) is -1.93. The number of nitrogens with zero attached hydrogens (tertiary/aromatic N) is 3. The molecule has 4 nitrogen and oxygen atoms in total. The van der Waals surface area contributed by atoms with Gasteiger partial charge in [-0.2, -0.15) is 18.2 Å². The van der Waals surface area contributed by atoms with Crippen LogP contribution in [0.15, 0.2) is 6.20 Å². The van der Waals surface area contributed by atoms with Gasteiger partial charge in [-0.1, -0.05) is 0 Å². The fourth-order valence-corrected chi connectivity index (χ4v) is 1.85. The van der Waals surface area contributed by atoms with Gasteiger partial charge in [0.25, 0.3) is 0 Å². The standard InChI is InChI=1S/C9H9ClF3N3O/c1-8(17)3-16(4-8)6-5(9(11,12)13)2-14-7(10)15-6/h2,17H,3-4H2,1H3. The molecule has 0 spiro atoms. The van der Waals surface area contributed by atoms with Gasteiger partial charge in [0.1, 0.15) is 11.4 Å². The fourth-order valence-electron chi connectivity index (χ4n) is 1.72. The van der Waals surface area contributed by atoms with Gasteiger partial charge < -0.3 is 10.0 Å². The average Bonchev–Trinajstić information content (AvgIpc) is 2.11. The smallest absolute Gasteiger partial charge is 0.386 e. The lowest BCUT2D eigenvalue weighted by Gasteiger charge is -2.45. The molecule has 8 heteroatoms. The molecule has 1 fully saturated rings. The number of hydrogen-bond acceptors (Lipinski definition) is 4. The van der Waals surface area contributed by atoms with Crippen molar-refractivity contribution < 1.29 is 18.3 Å². The van der Waals surface area contributed by atoms with E-state index in [0.29, 0.717) is 6.20 Å². The van der Waals surface area contributed by atoms with Crippen LogP contribution in [0.5, 0.6) is 0 Å². The molecular weight excluding hydrogens is 259 g/mol. The molecule has 17 heavy (non-hydrogen) atoms. The topological polar surface area (TPSA) is 49.2 Å². The van der Waals surface area contributed by atoms with Crippen LogP contribution in [0, 0.1) is 0 Å². The number of aromatic nitrogens is 2. The number of aliphatic hydroxyl groups is 1. The van der Waals surface area contributed by atoms with Gasteiger partial charge in [0.05, 0.1) is 5.60 Å². The number of alkyl halides is 3. The van der Waals surface area contributed by atoms with Crippen LogP contribution in [0.2, 0.25) is 5.28 Å². The molecule has 0 bridgehead atoms. The highest BCUT2D eigenvalue weighted by atomic mass is 35.5. The zero-order valence-corrected chi connectivity index (χ0v) is 9.55. The van der Waals surface area contributed by atoms with Gasteiger partial charge in [-0.25, -0.2) is 4.98 Å². The molecular formula is C9H9ClF3N3O. The average molecular weight is 268 g/mol. The van der Waals surface area contributed by atoms with Crippen molar-refractivity contribution in [3.63, 3.8) is 0 Å². The summed E-state index contributed by atoms with van der Waals surface area (Å²) >= 11 is 5.48. The van der Waals surface area contributed by atoms with Crippen molar-refractivity contribution >= 4 is 17.4 Å². The second kappa shape index (κ2) is 3.71. The molecule has 0 atom stereocenters. The van der Waals surface area contributed by atoms with Gasteiger partial charge in [-0.05, 0) is 18.5 Å². The molecule has 0 aromatic carbocycles. The van der Waals surface area contributed by atoms with Crippen molar-refractivity contribution in [2.75, 3.05) is 18.0 Å². The molecule has 1 saturated heterocycles. The summed E-state index contributed by atoms with van der Waals surface area (Å²) in [6.45, 7) is 1.71. The number of hydrogen-bond donors (Lipinski definition) is 1. The Kier molecular flexibility index (Phi) is 2.70. The quantitative estimate of drug-likeness (QED) is 0.787. The number of halogens is 4. The van der Waals surface area contributed by atoms with Crippen molar-refractivity contribution in [2.24, 2.45) is 0 Å². The van der Waals surface area contributed by atoms with Gasteiger partial charge >= 0.3 is 6.18 Å². The predicted molar refractivity (Wildman–Crippen MR) is 54.9 cm³/mol. The van der Waals surface area contributed by atoms with Crippen LogP contribution in [0.1, 0.15) is 12.5 Å². The van der Waals surface area contributed by atoms with Crippen LogP contribution in [-0.2, 0) is 6.18 Å². The Bertz CT molecular complexity index is 442. The molecule has 0 unspecified atom stereocenters. The maximum Gasteiger partial charge on any atom is 0.421 e. The Morgan fingerprint density at radius 3 is 2.53 bits per heavy atom. The van der Waals surface area contributed by atoms with Gasteiger partial charge in [0.2, 0.25) is 5.28 Å². The van der Waals surface area contributed by atoms with E-state index in [1.165, 1.54) is 4.90 Å². The minimum absolute atomic E-state index is 0.0867. The molecule has 1 aromatic heterocycles. The van der Waals surface area contributed by atoms with Crippen LogP contribution in [0.4, 0.5) is 19.0 Å². The summed E-state index contributed by atoms with van der Waals surface area (Å²) in [6.07, 6.45) is -3.89. The lowest BCUT2D eigenvalue weighted by Crippen LogP contribution is -2.60. The number of β-amino-alcohol motifs (C(OH)–C–C–N with tert-alkyl or cyclic N) is 1. The van der Waals surface area contributed by atoms with Crippen LogP contribution >= 0.6 is 11.6 Å². The van der Waals surface area contributed by atoms with E-state index in [0.717, 1.165) is 0 Å². The highest BCUT2D eigenvalue weighted by Gasteiger charge is 2.43. The Hall–Kier alpha value is -1.08. The SMILES string of the molecule is CC1(O)CN(c2nc(Cl)ncc2C(F)(F)F)C1. The van der Waals surface area contributed by atoms with Crippen LogP contribution in [0.25, 0.3) is 0 Å². The van der Waals surface area contributed by atoms with Crippen LogP contribution in [0.3, 0.4) is 0 Å². The van der Waals surface area contributed by atoms with Crippen LogP contribution < -0.4 is 4.90 Å². The normalized spacial score (nSPS) is 19.1. The maximum absolute atomic E-state index is 12.7. The van der Waals surface area contributed by atoms with Crippen LogP contribution in [-0.4, -0.2) is 33.8 Å². The molecule has 0 aliphatic carbocycles. The van der Waals surface area contributed by atoms with Crippen molar-refractivity contribution in [3.05, 3.63) is 17.0 Å². The zero-order chi connectivity index (χ0) is 12.8. The fraction of sp³-hybridized carbons (Fsp3) is 0.556. The molecule has 94 valence electrons. The third-order valence-electron chi connectivity index (χ3n) is 2.41. The first-order chi connectivity index (χ1) is 7.69. The second-order valence-corrected chi connectivity index (χ2v) is 4.57. The highest BCUT2D eigenvalue weighted by molar-refractivity contribution is 6.28. The van der Waals surface area contributed by atoms with Gasteiger partial charge in [-0.15, -0.1) is 0 Å². The molecule has 1 aliphatic heterocycles. The molecule has 1 aromatic rings. The zero-order valence-electron chi connectivity index (χ0n) is 8.79. The second-order valence-electron chi connectivity index (χ2n) is 4.23. The van der Waals surface area contributed by atoms with Gasteiger partial charge in [0.15, 0.2) is 0 Å². The monoisotopic (exact) mass is 267 g/mol. The van der Waals surface area contributed by atoms with Crippen molar-refractivity contribution in [3.8, 4) is 0 Å². The van der Waals surface area contributed by atoms with E-state index in [1.54, 1.807) is 6.92 Å². The van der Waals surface area contributed by atoms with E-state index in [9.17, 15) is 18.3 Å². The molecule has 0 saturated carbocycles. The summed E-state index contributed by atoms with van der Waals surface area (Å²) in [6, 6.07) is 0. The molecule has 2 rings (SSSR count). The Labute approximate surface area is 100 Å². The minimum Gasteiger partial charge on any atom is -0.386 e. The Morgan fingerprint density at radius 2 is 2.06 bits per heavy atom. The first-order valence-corrected chi connectivity index (χ1v) is 5.14. The van der Waals surface area contributed by atoms with Gasteiger partial charge in [-0.3, -0.25) is 0 Å². The van der Waals surface area contributed by atoms with E-state index in [1.807, 2.05) is 0 Å². The van der Waals surface area contributed by atoms with E-state index in [2.05, 4.69) is 9.97 Å². The largest absolute Gasteiger partial charge is 0.421 e. The molecule has 2 heterocycles. The first-order valence-electron chi connectivity index (χ1n) is 4.76. The molecule has 1 aliphatic rings. The van der Waals surface area contributed by atoms with E-state index >= 15 is 0 Å². The Balaban J connectivity index is 2.36. The van der Waals surface area contributed by atoms with E-state index in [4.69, 9.17) is 11.6 Å². The van der Waals surface area contributed by atoms with Gasteiger partial charge in [0, 0.05) is 19.3 Å². The van der Waals surface area contributed by atoms with E-state index < -0.39 is 17.3 Å². The minimum atomic E-state index is -4.54. The van der Waals surface area contributed by atoms with Crippen molar-refractivity contribution in [1.29, 1.82) is 0 Å². The summed E-state index contributed by atoms with van der Waals surface area (Å²) in [4.78, 5) is 8.22. The summed E-state index contributed by atoms with van der Waals surface area (Å²) in [5, 5.41) is 9.26. The highest BCUT2D eigenvalue weighted by Crippen LogP contribution is 2.38. The van der Waals surface area contributed by atoms with Crippen molar-refractivity contribution in [1.82, 2.24) is 9.97 Å². The number of anilines is 1. The summed E-state index contributed by atoms with van der Waals surface area (Å²) in [7, 11) is 0. The van der Waals surface area contributed by atoms with Crippen molar-refractivity contribution in [2.45, 2.75) is 18.7 Å². The Morgan fingerprint density at radius 1 is 1.47 bits per heavy atom. The number of rotatable bonds is 1.